The highest BCUT2D eigenvalue weighted by molar-refractivity contribution is 5.87. The van der Waals surface area contributed by atoms with Gasteiger partial charge in [-0.25, -0.2) is 4.79 Å². The zero-order valence-electron chi connectivity index (χ0n) is 14.6. The standard InChI is InChI=1S/C18H26N4O3/c1-19-17(23)16-10-15(25-14-8-5-9-20-11-14)12-22(16)18(24)21-13-6-3-2-4-7-13/h5,8-9,11,13,15-16H,2-4,6-7,10,12H2,1H3,(H,19,23)(H,21,24)/t15-,16-/m0/s1. The second-order valence-electron chi connectivity index (χ2n) is 6.73. The lowest BCUT2D eigenvalue weighted by Gasteiger charge is -2.28. The van der Waals surface area contributed by atoms with Crippen molar-refractivity contribution in [1.29, 1.82) is 0 Å². The van der Waals surface area contributed by atoms with Crippen LogP contribution in [0.25, 0.3) is 0 Å². The maximum atomic E-state index is 12.7. The van der Waals surface area contributed by atoms with E-state index in [1.165, 1.54) is 6.42 Å². The van der Waals surface area contributed by atoms with Gasteiger partial charge in [0.25, 0.3) is 0 Å². The molecule has 2 N–H and O–H groups in total. The topological polar surface area (TPSA) is 83.6 Å². The number of hydrogen-bond donors (Lipinski definition) is 2. The van der Waals surface area contributed by atoms with Crippen molar-refractivity contribution in [3.8, 4) is 5.75 Å². The van der Waals surface area contributed by atoms with Gasteiger partial charge in [0.1, 0.15) is 17.9 Å². The fourth-order valence-electron chi connectivity index (χ4n) is 3.64. The highest BCUT2D eigenvalue weighted by atomic mass is 16.5. The molecule has 1 saturated carbocycles. The van der Waals surface area contributed by atoms with E-state index in [1.807, 2.05) is 6.07 Å². The molecule has 3 rings (SSSR count). The first-order valence-electron chi connectivity index (χ1n) is 9.03. The maximum Gasteiger partial charge on any atom is 0.318 e. The maximum absolute atomic E-state index is 12.7. The molecule has 1 aliphatic carbocycles. The van der Waals surface area contributed by atoms with Crippen LogP contribution in [-0.4, -0.2) is 53.6 Å². The molecule has 0 unspecified atom stereocenters. The molecule has 1 aliphatic heterocycles. The number of urea groups is 1. The Balaban J connectivity index is 1.64. The zero-order valence-corrected chi connectivity index (χ0v) is 14.6. The van der Waals surface area contributed by atoms with Crippen LogP contribution >= 0.6 is 0 Å². The average Bonchev–Trinajstić information content (AvgIpc) is 3.07. The van der Waals surface area contributed by atoms with Crippen molar-refractivity contribution < 1.29 is 14.3 Å². The second-order valence-corrected chi connectivity index (χ2v) is 6.73. The van der Waals surface area contributed by atoms with Gasteiger partial charge in [-0.1, -0.05) is 19.3 Å². The number of aromatic nitrogens is 1. The van der Waals surface area contributed by atoms with Gasteiger partial charge in [-0.15, -0.1) is 0 Å². The van der Waals surface area contributed by atoms with Gasteiger partial charge in [0.2, 0.25) is 5.91 Å². The summed E-state index contributed by atoms with van der Waals surface area (Å²) in [6.07, 6.45) is 9.14. The fraction of sp³-hybridized carbons (Fsp3) is 0.611. The van der Waals surface area contributed by atoms with E-state index in [2.05, 4.69) is 15.6 Å². The summed E-state index contributed by atoms with van der Waals surface area (Å²) in [4.78, 5) is 30.6. The number of carbonyl (C=O) groups is 2. The van der Waals surface area contributed by atoms with Crippen LogP contribution in [-0.2, 0) is 4.79 Å². The predicted octanol–water partition coefficient (Wildman–Crippen LogP) is 1.69. The van der Waals surface area contributed by atoms with Crippen LogP contribution in [0.1, 0.15) is 38.5 Å². The summed E-state index contributed by atoms with van der Waals surface area (Å²) in [5.41, 5.74) is 0. The quantitative estimate of drug-likeness (QED) is 0.869. The summed E-state index contributed by atoms with van der Waals surface area (Å²) in [5, 5.41) is 5.74. The number of pyridine rings is 1. The van der Waals surface area contributed by atoms with Crippen molar-refractivity contribution in [3.05, 3.63) is 24.5 Å². The molecule has 0 radical (unpaired) electrons. The minimum absolute atomic E-state index is 0.156. The minimum atomic E-state index is -0.504. The number of ether oxygens (including phenoxy) is 1. The Morgan fingerprint density at radius 3 is 2.76 bits per heavy atom. The Labute approximate surface area is 148 Å². The monoisotopic (exact) mass is 346 g/mol. The van der Waals surface area contributed by atoms with Crippen molar-refractivity contribution >= 4 is 11.9 Å². The normalized spacial score (nSPS) is 24.0. The summed E-state index contributed by atoms with van der Waals surface area (Å²) in [6, 6.07) is 3.17. The number of nitrogens with one attached hydrogen (secondary N) is 2. The molecule has 0 bridgehead atoms. The molecule has 0 spiro atoms. The van der Waals surface area contributed by atoms with Crippen molar-refractivity contribution in [1.82, 2.24) is 20.5 Å². The van der Waals surface area contributed by atoms with Crippen LogP contribution in [0.5, 0.6) is 5.75 Å². The van der Waals surface area contributed by atoms with Crippen LogP contribution in [0, 0.1) is 0 Å². The molecule has 0 aromatic carbocycles. The first-order chi connectivity index (χ1) is 12.2. The zero-order chi connectivity index (χ0) is 17.6. The Morgan fingerprint density at radius 2 is 2.08 bits per heavy atom. The molecule has 7 heteroatoms. The minimum Gasteiger partial charge on any atom is -0.487 e. The molecule has 2 heterocycles. The molecule has 25 heavy (non-hydrogen) atoms. The van der Waals surface area contributed by atoms with E-state index >= 15 is 0 Å². The van der Waals surface area contributed by atoms with E-state index < -0.39 is 6.04 Å². The molecule has 7 nitrogen and oxygen atoms in total. The molecular weight excluding hydrogens is 320 g/mol. The lowest BCUT2D eigenvalue weighted by atomic mass is 9.96. The number of carbonyl (C=O) groups excluding carboxylic acids is 2. The van der Waals surface area contributed by atoms with E-state index in [0.29, 0.717) is 18.7 Å². The average molecular weight is 346 g/mol. The molecule has 2 fully saturated rings. The smallest absolute Gasteiger partial charge is 0.318 e. The molecule has 2 atom stereocenters. The van der Waals surface area contributed by atoms with Crippen LogP contribution < -0.4 is 15.4 Å². The van der Waals surface area contributed by atoms with Crippen molar-refractivity contribution in [3.63, 3.8) is 0 Å². The third kappa shape index (κ3) is 4.41. The van der Waals surface area contributed by atoms with Gasteiger partial charge in [0, 0.05) is 25.7 Å². The summed E-state index contributed by atoms with van der Waals surface area (Å²) in [5.74, 6) is 0.494. The molecule has 136 valence electrons. The SMILES string of the molecule is CNC(=O)[C@@H]1C[C@H](Oc2cccnc2)CN1C(=O)NC1CCCCC1. The van der Waals surface area contributed by atoms with Gasteiger partial charge in [-0.2, -0.15) is 0 Å². The van der Waals surface area contributed by atoms with E-state index in [4.69, 9.17) is 4.74 Å². The Hall–Kier alpha value is -2.31. The van der Waals surface area contributed by atoms with E-state index in [0.717, 1.165) is 25.7 Å². The van der Waals surface area contributed by atoms with Gasteiger partial charge < -0.3 is 20.3 Å². The molecule has 1 aromatic heterocycles. The van der Waals surface area contributed by atoms with Gasteiger partial charge in [0.05, 0.1) is 12.7 Å². The summed E-state index contributed by atoms with van der Waals surface area (Å²) in [6.45, 7) is 0.394. The number of amides is 3. The number of hydrogen-bond acceptors (Lipinski definition) is 4. The van der Waals surface area contributed by atoms with Crippen molar-refractivity contribution in [2.24, 2.45) is 0 Å². The molecule has 1 saturated heterocycles. The van der Waals surface area contributed by atoms with Crippen LogP contribution in [0.15, 0.2) is 24.5 Å². The number of rotatable bonds is 4. The van der Waals surface area contributed by atoms with E-state index in [-0.39, 0.29) is 24.1 Å². The first-order valence-corrected chi connectivity index (χ1v) is 9.03. The summed E-state index contributed by atoms with van der Waals surface area (Å²) < 4.78 is 5.91. The van der Waals surface area contributed by atoms with Crippen LogP contribution in [0.2, 0.25) is 0 Å². The Bertz CT molecular complexity index is 589. The first kappa shape index (κ1) is 17.5. The third-order valence-electron chi connectivity index (χ3n) is 4.94. The Kier molecular flexibility index (Phi) is 5.73. The van der Waals surface area contributed by atoms with Crippen LogP contribution in [0.4, 0.5) is 4.79 Å². The van der Waals surface area contributed by atoms with Crippen LogP contribution in [0.3, 0.4) is 0 Å². The lowest BCUT2D eigenvalue weighted by Crippen LogP contribution is -2.51. The van der Waals surface area contributed by atoms with Gasteiger partial charge in [0.15, 0.2) is 0 Å². The van der Waals surface area contributed by atoms with E-state index in [9.17, 15) is 9.59 Å². The molecule has 2 aliphatic rings. The van der Waals surface area contributed by atoms with Gasteiger partial charge in [-0.05, 0) is 25.0 Å². The number of nitrogens with zero attached hydrogens (tertiary/aromatic N) is 2. The molecule has 1 aromatic rings. The van der Waals surface area contributed by atoms with Gasteiger partial charge >= 0.3 is 6.03 Å². The number of likely N-dealkylation sites (tertiary alicyclic amines) is 1. The van der Waals surface area contributed by atoms with E-state index in [1.54, 1.807) is 30.4 Å². The lowest BCUT2D eigenvalue weighted by molar-refractivity contribution is -0.124. The molecule has 3 amide bonds. The fourth-order valence-corrected chi connectivity index (χ4v) is 3.64. The number of likely N-dealkylation sites (N-methyl/N-ethyl adjacent to an activating group) is 1. The Morgan fingerprint density at radius 1 is 1.28 bits per heavy atom. The molecular formula is C18H26N4O3. The highest BCUT2D eigenvalue weighted by Gasteiger charge is 2.41. The predicted molar refractivity (Wildman–Crippen MR) is 93.2 cm³/mol. The summed E-state index contributed by atoms with van der Waals surface area (Å²) >= 11 is 0. The highest BCUT2D eigenvalue weighted by Crippen LogP contribution is 2.24. The summed E-state index contributed by atoms with van der Waals surface area (Å²) in [7, 11) is 1.59. The largest absolute Gasteiger partial charge is 0.487 e. The third-order valence-corrected chi connectivity index (χ3v) is 4.94. The van der Waals surface area contributed by atoms with Crippen molar-refractivity contribution in [2.75, 3.05) is 13.6 Å². The van der Waals surface area contributed by atoms with Gasteiger partial charge in [-0.3, -0.25) is 9.78 Å². The second kappa shape index (κ2) is 8.18. The van der Waals surface area contributed by atoms with Crippen molar-refractivity contribution in [2.45, 2.75) is 56.7 Å².